The topological polar surface area (TPSA) is 72.2 Å². The maximum Gasteiger partial charge on any atom is 0.244 e. The first-order valence-corrected chi connectivity index (χ1v) is 11.3. The summed E-state index contributed by atoms with van der Waals surface area (Å²) in [7, 11) is 0. The van der Waals surface area contributed by atoms with Gasteiger partial charge in [-0.3, -0.25) is 14.9 Å². The number of carbonyl (C=O) groups excluding carboxylic acids is 2. The number of hydrogen-bond donors (Lipinski definition) is 2. The Morgan fingerprint density at radius 1 is 0.654 bits per heavy atom. The smallest absolute Gasteiger partial charge is 0.244 e. The zero-order valence-corrected chi connectivity index (χ0v) is 17.1. The standard InChI is InChI=1S/C22H42N2O2/c1-2-3-4-5-6-7-8-9-10-11-12-13-14-15-16-17-18-19-20(23)22(26)24-21(19)25/h19-20H,2-18,23H2,1H3,(H,24,25,26). The summed E-state index contributed by atoms with van der Waals surface area (Å²) in [5.74, 6) is -0.783. The molecule has 1 aliphatic rings. The zero-order valence-electron chi connectivity index (χ0n) is 17.1. The van der Waals surface area contributed by atoms with E-state index in [4.69, 9.17) is 5.73 Å². The third-order valence-corrected chi connectivity index (χ3v) is 5.69. The van der Waals surface area contributed by atoms with Crippen LogP contribution in [0.2, 0.25) is 0 Å². The lowest BCUT2D eigenvalue weighted by atomic mass is 9.95. The van der Waals surface area contributed by atoms with Crippen LogP contribution in [0.3, 0.4) is 0 Å². The van der Waals surface area contributed by atoms with Crippen molar-refractivity contribution in [2.24, 2.45) is 11.7 Å². The van der Waals surface area contributed by atoms with Crippen LogP contribution in [0.4, 0.5) is 0 Å². The fraction of sp³-hybridized carbons (Fsp3) is 0.909. The molecule has 0 spiro atoms. The number of hydrogen-bond acceptors (Lipinski definition) is 3. The fourth-order valence-corrected chi connectivity index (χ4v) is 3.87. The number of nitrogens with two attached hydrogens (primary N) is 1. The maximum absolute atomic E-state index is 11.6. The Morgan fingerprint density at radius 3 is 1.38 bits per heavy atom. The lowest BCUT2D eigenvalue weighted by Crippen LogP contribution is -2.34. The Morgan fingerprint density at radius 2 is 1.04 bits per heavy atom. The van der Waals surface area contributed by atoms with Gasteiger partial charge in [-0.2, -0.15) is 0 Å². The van der Waals surface area contributed by atoms with Crippen molar-refractivity contribution in [3.8, 4) is 0 Å². The SMILES string of the molecule is CCCCCCCCCCCCCCCCCCC1C(=O)NC(=O)C1N. The highest BCUT2D eigenvalue weighted by molar-refractivity contribution is 6.06. The Bertz CT molecular complexity index is 384. The summed E-state index contributed by atoms with van der Waals surface area (Å²) < 4.78 is 0. The summed E-state index contributed by atoms with van der Waals surface area (Å²) in [4.78, 5) is 22.9. The van der Waals surface area contributed by atoms with Crippen molar-refractivity contribution in [2.75, 3.05) is 0 Å². The molecular weight excluding hydrogens is 324 g/mol. The van der Waals surface area contributed by atoms with Crippen molar-refractivity contribution in [2.45, 2.75) is 122 Å². The van der Waals surface area contributed by atoms with Crippen molar-refractivity contribution >= 4 is 11.8 Å². The van der Waals surface area contributed by atoms with E-state index in [9.17, 15) is 9.59 Å². The van der Waals surface area contributed by atoms with Gasteiger partial charge in [0.1, 0.15) is 0 Å². The molecule has 152 valence electrons. The lowest BCUT2D eigenvalue weighted by molar-refractivity contribution is -0.125. The average molecular weight is 367 g/mol. The number of nitrogens with one attached hydrogen (secondary N) is 1. The molecule has 26 heavy (non-hydrogen) atoms. The van der Waals surface area contributed by atoms with E-state index >= 15 is 0 Å². The molecule has 2 amide bonds. The lowest BCUT2D eigenvalue weighted by Gasteiger charge is -2.10. The third-order valence-electron chi connectivity index (χ3n) is 5.69. The van der Waals surface area contributed by atoms with Gasteiger partial charge in [0.25, 0.3) is 0 Å². The molecular formula is C22H42N2O2. The molecule has 0 aliphatic carbocycles. The molecule has 1 heterocycles. The molecule has 4 nitrogen and oxygen atoms in total. The quantitative estimate of drug-likeness (QED) is 0.273. The van der Waals surface area contributed by atoms with Gasteiger partial charge in [-0.25, -0.2) is 0 Å². The van der Waals surface area contributed by atoms with Crippen molar-refractivity contribution in [1.82, 2.24) is 5.32 Å². The van der Waals surface area contributed by atoms with E-state index in [0.29, 0.717) is 0 Å². The molecule has 0 saturated carbocycles. The van der Waals surface area contributed by atoms with Gasteiger partial charge in [-0.05, 0) is 6.42 Å². The summed E-state index contributed by atoms with van der Waals surface area (Å²) >= 11 is 0. The van der Waals surface area contributed by atoms with Crippen LogP contribution in [0.5, 0.6) is 0 Å². The van der Waals surface area contributed by atoms with Gasteiger partial charge in [0, 0.05) is 0 Å². The minimum absolute atomic E-state index is 0.177. The minimum atomic E-state index is -0.626. The second kappa shape index (κ2) is 15.2. The van der Waals surface area contributed by atoms with Gasteiger partial charge in [-0.15, -0.1) is 0 Å². The van der Waals surface area contributed by atoms with E-state index < -0.39 is 6.04 Å². The van der Waals surface area contributed by atoms with Gasteiger partial charge in [0.05, 0.1) is 12.0 Å². The number of amides is 2. The highest BCUT2D eigenvalue weighted by atomic mass is 16.2. The molecule has 2 unspecified atom stereocenters. The second-order valence-electron chi connectivity index (χ2n) is 8.08. The molecule has 0 aromatic heterocycles. The van der Waals surface area contributed by atoms with E-state index in [2.05, 4.69) is 12.2 Å². The first-order chi connectivity index (χ1) is 12.7. The minimum Gasteiger partial charge on any atom is -0.319 e. The molecule has 0 aromatic carbocycles. The molecule has 0 radical (unpaired) electrons. The number of rotatable bonds is 17. The summed E-state index contributed by atoms with van der Waals surface area (Å²) in [5.41, 5.74) is 5.75. The maximum atomic E-state index is 11.6. The van der Waals surface area contributed by atoms with E-state index in [1.54, 1.807) is 0 Å². The highest BCUT2D eigenvalue weighted by Crippen LogP contribution is 2.19. The van der Waals surface area contributed by atoms with Crippen LogP contribution in [-0.2, 0) is 9.59 Å². The van der Waals surface area contributed by atoms with Gasteiger partial charge in [-0.1, -0.05) is 110 Å². The zero-order chi connectivity index (χ0) is 19.0. The van der Waals surface area contributed by atoms with Gasteiger partial charge >= 0.3 is 0 Å². The Kier molecular flexibility index (Phi) is 13.5. The summed E-state index contributed by atoms with van der Waals surface area (Å²) in [6.45, 7) is 2.27. The molecule has 0 bridgehead atoms. The van der Waals surface area contributed by atoms with Gasteiger partial charge in [0.15, 0.2) is 0 Å². The van der Waals surface area contributed by atoms with Gasteiger partial charge in [0.2, 0.25) is 11.8 Å². The monoisotopic (exact) mass is 366 g/mol. The number of carbonyl (C=O) groups is 2. The number of unbranched alkanes of at least 4 members (excludes halogenated alkanes) is 15. The largest absolute Gasteiger partial charge is 0.319 e. The molecule has 2 atom stereocenters. The van der Waals surface area contributed by atoms with Crippen molar-refractivity contribution < 1.29 is 9.59 Å². The van der Waals surface area contributed by atoms with Gasteiger partial charge < -0.3 is 5.73 Å². The molecule has 1 rings (SSSR count). The Balaban J connectivity index is 1.77. The normalized spacial score (nSPS) is 19.9. The van der Waals surface area contributed by atoms with E-state index in [1.807, 2.05) is 0 Å². The van der Waals surface area contributed by atoms with Crippen LogP contribution in [0.15, 0.2) is 0 Å². The average Bonchev–Trinajstić information content (AvgIpc) is 2.87. The van der Waals surface area contributed by atoms with Crippen LogP contribution < -0.4 is 11.1 Å². The summed E-state index contributed by atoms with van der Waals surface area (Å²) in [6.07, 6.45) is 22.2. The van der Waals surface area contributed by atoms with E-state index in [0.717, 1.165) is 19.3 Å². The first kappa shape index (κ1) is 23.1. The van der Waals surface area contributed by atoms with Crippen LogP contribution >= 0.6 is 0 Å². The summed E-state index contributed by atoms with van der Waals surface area (Å²) in [6, 6.07) is -0.626. The molecule has 4 heteroatoms. The fourth-order valence-electron chi connectivity index (χ4n) is 3.87. The second-order valence-corrected chi connectivity index (χ2v) is 8.08. The Labute approximate surface area is 161 Å². The first-order valence-electron chi connectivity index (χ1n) is 11.3. The molecule has 1 saturated heterocycles. The van der Waals surface area contributed by atoms with Crippen LogP contribution in [0.1, 0.15) is 116 Å². The van der Waals surface area contributed by atoms with Crippen LogP contribution in [0.25, 0.3) is 0 Å². The highest BCUT2D eigenvalue weighted by Gasteiger charge is 2.38. The predicted octanol–water partition coefficient (Wildman–Crippen LogP) is 5.24. The molecule has 3 N–H and O–H groups in total. The number of imide groups is 1. The van der Waals surface area contributed by atoms with E-state index in [1.165, 1.54) is 89.9 Å². The Hall–Kier alpha value is -0.900. The van der Waals surface area contributed by atoms with Crippen molar-refractivity contribution in [3.63, 3.8) is 0 Å². The van der Waals surface area contributed by atoms with Crippen LogP contribution in [-0.4, -0.2) is 17.9 Å². The van der Waals surface area contributed by atoms with Crippen molar-refractivity contribution in [1.29, 1.82) is 0 Å². The summed E-state index contributed by atoms with van der Waals surface area (Å²) in [5, 5.41) is 2.32. The predicted molar refractivity (Wildman–Crippen MR) is 109 cm³/mol. The molecule has 1 fully saturated rings. The third kappa shape index (κ3) is 10.3. The van der Waals surface area contributed by atoms with Crippen LogP contribution in [0, 0.1) is 5.92 Å². The van der Waals surface area contributed by atoms with Crippen molar-refractivity contribution in [3.05, 3.63) is 0 Å². The molecule has 1 aliphatic heterocycles. The molecule has 0 aromatic rings. The van der Waals surface area contributed by atoms with E-state index in [-0.39, 0.29) is 17.7 Å².